The van der Waals surface area contributed by atoms with E-state index < -0.39 is 0 Å². The Morgan fingerprint density at radius 1 is 1.50 bits per heavy atom. The van der Waals surface area contributed by atoms with Crippen molar-refractivity contribution in [2.24, 2.45) is 5.84 Å². The van der Waals surface area contributed by atoms with Crippen LogP contribution in [0.5, 0.6) is 0 Å². The quantitative estimate of drug-likeness (QED) is 0.488. The van der Waals surface area contributed by atoms with E-state index in [0.29, 0.717) is 0 Å². The number of para-hydroxylation sites is 2. The Hall–Kier alpha value is -1.88. The van der Waals surface area contributed by atoms with Crippen molar-refractivity contribution in [2.75, 3.05) is 0 Å². The number of carbonyl (C=O) groups excluding carboxylic acids is 1. The van der Waals surface area contributed by atoms with Crippen LogP contribution in [0.1, 0.15) is 32.1 Å². The lowest BCUT2D eigenvalue weighted by atomic mass is 10.2. The number of hydrogen-bond donors (Lipinski definition) is 2. The molecule has 5 heteroatoms. The van der Waals surface area contributed by atoms with Gasteiger partial charge in [-0.25, -0.2) is 10.8 Å². The van der Waals surface area contributed by atoms with Crippen LogP contribution in [0.3, 0.4) is 0 Å². The summed E-state index contributed by atoms with van der Waals surface area (Å²) in [6, 6.07) is 7.47. The second-order valence-corrected chi connectivity index (χ2v) is 4.32. The molecular weight excluding hydrogens is 228 g/mol. The molecule has 2 rings (SSSR count). The first kappa shape index (κ1) is 12.6. The fourth-order valence-electron chi connectivity index (χ4n) is 2.16. The molecule has 0 bridgehead atoms. The van der Waals surface area contributed by atoms with E-state index in [4.69, 9.17) is 5.84 Å². The van der Waals surface area contributed by atoms with Crippen LogP contribution in [0.25, 0.3) is 11.0 Å². The first-order chi connectivity index (χ1) is 8.69. The van der Waals surface area contributed by atoms with Gasteiger partial charge in [-0.1, -0.05) is 19.1 Å². The van der Waals surface area contributed by atoms with Crippen molar-refractivity contribution in [3.05, 3.63) is 30.1 Å². The van der Waals surface area contributed by atoms with E-state index in [-0.39, 0.29) is 11.9 Å². The van der Waals surface area contributed by atoms with Gasteiger partial charge in [-0.2, -0.15) is 0 Å². The number of nitrogens with zero attached hydrogens (tertiary/aromatic N) is 2. The van der Waals surface area contributed by atoms with E-state index in [1.807, 2.05) is 35.8 Å². The molecule has 2 aromatic rings. The smallest absolute Gasteiger partial charge is 0.256 e. The second-order valence-electron chi connectivity index (χ2n) is 4.32. The molecular formula is C13H18N4O. The van der Waals surface area contributed by atoms with Crippen LogP contribution in [0.4, 0.5) is 0 Å². The Morgan fingerprint density at radius 2 is 2.22 bits per heavy atom. The summed E-state index contributed by atoms with van der Waals surface area (Å²) < 4.78 is 1.96. The van der Waals surface area contributed by atoms with Crippen LogP contribution >= 0.6 is 0 Å². The fraction of sp³-hybridized carbons (Fsp3) is 0.385. The monoisotopic (exact) mass is 246 g/mol. The van der Waals surface area contributed by atoms with Crippen molar-refractivity contribution in [1.29, 1.82) is 0 Å². The number of fused-ring (bicyclic) bond motifs is 1. The highest BCUT2D eigenvalue weighted by Gasteiger charge is 2.20. The number of aryl methyl sites for hydroxylation is 1. The molecule has 0 saturated carbocycles. The predicted molar refractivity (Wildman–Crippen MR) is 70.8 cm³/mol. The first-order valence-electron chi connectivity index (χ1n) is 6.15. The molecule has 0 aliphatic carbocycles. The number of aromatic nitrogens is 2. The summed E-state index contributed by atoms with van der Waals surface area (Å²) >= 11 is 0. The normalized spacial score (nSPS) is 12.6. The molecule has 1 aromatic carbocycles. The summed E-state index contributed by atoms with van der Waals surface area (Å²) in [5.74, 6) is 5.93. The maximum atomic E-state index is 11.7. The van der Waals surface area contributed by atoms with Gasteiger partial charge in [-0.3, -0.25) is 10.2 Å². The van der Waals surface area contributed by atoms with Gasteiger partial charge in [0.2, 0.25) is 0 Å². The number of benzene rings is 1. The van der Waals surface area contributed by atoms with Gasteiger partial charge in [0.1, 0.15) is 11.9 Å². The lowest BCUT2D eigenvalue weighted by Gasteiger charge is -2.15. The average Bonchev–Trinajstić information content (AvgIpc) is 2.75. The molecule has 0 aliphatic rings. The Labute approximate surface area is 106 Å². The highest BCUT2D eigenvalue weighted by Crippen LogP contribution is 2.22. The molecule has 0 aliphatic heterocycles. The summed E-state index contributed by atoms with van der Waals surface area (Å²) in [7, 11) is 0. The van der Waals surface area contributed by atoms with Gasteiger partial charge in [-0.05, 0) is 25.5 Å². The highest BCUT2D eigenvalue weighted by molar-refractivity contribution is 5.83. The van der Waals surface area contributed by atoms with Crippen LogP contribution in [-0.4, -0.2) is 15.5 Å². The van der Waals surface area contributed by atoms with E-state index in [9.17, 15) is 4.79 Å². The molecule has 0 spiro atoms. The molecule has 1 aromatic heterocycles. The maximum absolute atomic E-state index is 11.7. The van der Waals surface area contributed by atoms with Crippen molar-refractivity contribution < 1.29 is 4.79 Å². The van der Waals surface area contributed by atoms with Crippen molar-refractivity contribution in [3.8, 4) is 0 Å². The third kappa shape index (κ3) is 2.09. The maximum Gasteiger partial charge on any atom is 0.256 e. The Balaban J connectivity index is 2.57. The molecule has 18 heavy (non-hydrogen) atoms. The van der Waals surface area contributed by atoms with Gasteiger partial charge in [-0.15, -0.1) is 0 Å². The largest absolute Gasteiger partial charge is 0.316 e. The number of hydrazine groups is 1. The zero-order valence-electron chi connectivity index (χ0n) is 10.7. The van der Waals surface area contributed by atoms with Crippen LogP contribution in [-0.2, 0) is 11.2 Å². The number of nitrogens with two attached hydrogens (primary N) is 1. The van der Waals surface area contributed by atoms with E-state index in [1.165, 1.54) is 0 Å². The van der Waals surface area contributed by atoms with Crippen molar-refractivity contribution >= 4 is 16.9 Å². The minimum atomic E-state index is -0.357. The number of rotatable bonds is 4. The van der Waals surface area contributed by atoms with Gasteiger partial charge < -0.3 is 4.57 Å². The molecule has 1 amide bonds. The predicted octanol–water partition coefficient (Wildman–Crippen LogP) is 1.54. The first-order valence-corrected chi connectivity index (χ1v) is 6.15. The zero-order valence-corrected chi connectivity index (χ0v) is 10.7. The Morgan fingerprint density at radius 3 is 2.89 bits per heavy atom. The molecule has 1 heterocycles. The minimum absolute atomic E-state index is 0.212. The third-order valence-corrected chi connectivity index (χ3v) is 3.05. The summed E-state index contributed by atoms with van der Waals surface area (Å²) in [5.41, 5.74) is 4.08. The van der Waals surface area contributed by atoms with Crippen LogP contribution in [0.15, 0.2) is 24.3 Å². The standard InChI is InChI=1S/C13H18N4O/c1-3-6-12-15-10-7-4-5-8-11(10)17(12)9(2)13(18)16-14/h4-5,7-9H,3,6,14H2,1-2H3,(H,16,18). The molecule has 3 N–H and O–H groups in total. The summed E-state index contributed by atoms with van der Waals surface area (Å²) in [5, 5.41) is 0. The van der Waals surface area contributed by atoms with Crippen molar-refractivity contribution in [2.45, 2.75) is 32.7 Å². The van der Waals surface area contributed by atoms with E-state index in [1.54, 1.807) is 0 Å². The lowest BCUT2D eigenvalue weighted by molar-refractivity contribution is -0.123. The summed E-state index contributed by atoms with van der Waals surface area (Å²) in [6.45, 7) is 3.92. The van der Waals surface area contributed by atoms with Crippen LogP contribution < -0.4 is 11.3 Å². The van der Waals surface area contributed by atoms with E-state index >= 15 is 0 Å². The molecule has 0 fully saturated rings. The molecule has 1 unspecified atom stereocenters. The van der Waals surface area contributed by atoms with Gasteiger partial charge >= 0.3 is 0 Å². The van der Waals surface area contributed by atoms with E-state index in [2.05, 4.69) is 17.3 Å². The molecule has 0 saturated heterocycles. The summed E-state index contributed by atoms with van der Waals surface area (Å²) in [4.78, 5) is 16.3. The summed E-state index contributed by atoms with van der Waals surface area (Å²) in [6.07, 6.45) is 1.83. The number of nitrogens with one attached hydrogen (secondary N) is 1. The molecule has 96 valence electrons. The Kier molecular flexibility index (Phi) is 3.62. The van der Waals surface area contributed by atoms with Crippen molar-refractivity contribution in [1.82, 2.24) is 15.0 Å². The topological polar surface area (TPSA) is 72.9 Å². The number of carbonyl (C=O) groups is 1. The van der Waals surface area contributed by atoms with Gasteiger partial charge in [0.05, 0.1) is 11.0 Å². The molecule has 5 nitrogen and oxygen atoms in total. The minimum Gasteiger partial charge on any atom is -0.316 e. The number of hydrogen-bond acceptors (Lipinski definition) is 3. The second kappa shape index (κ2) is 5.18. The third-order valence-electron chi connectivity index (χ3n) is 3.05. The number of imidazole rings is 1. The van der Waals surface area contributed by atoms with Crippen LogP contribution in [0.2, 0.25) is 0 Å². The van der Waals surface area contributed by atoms with E-state index in [0.717, 1.165) is 29.7 Å². The van der Waals surface area contributed by atoms with Crippen LogP contribution in [0, 0.1) is 0 Å². The highest BCUT2D eigenvalue weighted by atomic mass is 16.2. The average molecular weight is 246 g/mol. The molecule has 1 atom stereocenters. The lowest BCUT2D eigenvalue weighted by Crippen LogP contribution is -2.36. The SMILES string of the molecule is CCCc1nc2ccccc2n1C(C)C(=O)NN. The fourth-order valence-corrected chi connectivity index (χ4v) is 2.16. The van der Waals surface area contributed by atoms with Gasteiger partial charge in [0.15, 0.2) is 0 Å². The van der Waals surface area contributed by atoms with Gasteiger partial charge in [0.25, 0.3) is 5.91 Å². The Bertz CT molecular complexity index is 561. The molecule has 0 radical (unpaired) electrons. The zero-order chi connectivity index (χ0) is 13.1. The van der Waals surface area contributed by atoms with Crippen molar-refractivity contribution in [3.63, 3.8) is 0 Å². The van der Waals surface area contributed by atoms with Gasteiger partial charge in [0, 0.05) is 6.42 Å². The number of amides is 1.